The van der Waals surface area contributed by atoms with Crippen molar-refractivity contribution >= 4 is 11.9 Å². The average Bonchev–Trinajstić information content (AvgIpc) is 2.84. The second-order valence-electron chi connectivity index (χ2n) is 13.1. The molecule has 0 fully saturated rings. The van der Waals surface area contributed by atoms with E-state index in [2.05, 4.69) is 41.5 Å². The molecule has 0 amide bonds. The zero-order valence-electron chi connectivity index (χ0n) is 26.3. The fourth-order valence-electron chi connectivity index (χ4n) is 5.03. The van der Waals surface area contributed by atoms with Gasteiger partial charge in [-0.25, -0.2) is 0 Å². The number of unbranched alkanes of at least 4 members (excludes halogenated alkanes) is 3. The molecule has 0 aromatic heterocycles. The Morgan fingerprint density at radius 2 is 0.950 bits per heavy atom. The van der Waals surface area contributed by atoms with Crippen molar-refractivity contribution in [1.29, 1.82) is 0 Å². The van der Waals surface area contributed by atoms with Crippen LogP contribution in [0.25, 0.3) is 0 Å². The van der Waals surface area contributed by atoms with Crippen LogP contribution in [-0.2, 0) is 42.7 Å². The number of rotatable bonds is 11. The second kappa shape index (κ2) is 13.6. The summed E-state index contributed by atoms with van der Waals surface area (Å²) in [5.41, 5.74) is 6.47. The molecule has 0 unspecified atom stereocenters. The molecule has 0 spiro atoms. The van der Waals surface area contributed by atoms with Crippen molar-refractivity contribution in [2.24, 2.45) is 0 Å². The number of phenols is 2. The maximum Gasteiger partial charge on any atom is 0.310 e. The molecule has 2 aromatic carbocycles. The number of esters is 2. The normalized spacial score (nSPS) is 11.9. The van der Waals surface area contributed by atoms with E-state index in [-0.39, 0.29) is 47.1 Å². The van der Waals surface area contributed by atoms with E-state index in [1.54, 1.807) is 0 Å². The van der Waals surface area contributed by atoms with Crippen LogP contribution in [0.5, 0.6) is 11.5 Å². The standard InChI is InChI=1S/C34H50O6/c1-21-17-27(33(5,6)7)31(37)23(3)25(21)19-29(35)39-15-13-11-12-14-16-40-30(36)20-26-22(2)18-28(34(8,9)10)32(38)24(26)4/h17-18,37-38H,11-16,19-20H2,1-10H3. The number of phenolic OH excluding ortho intramolecular Hbond substituents is 2. The van der Waals surface area contributed by atoms with Gasteiger partial charge in [-0.2, -0.15) is 0 Å². The Bertz CT molecular complexity index is 1120. The number of carbonyl (C=O) groups is 2. The van der Waals surface area contributed by atoms with Gasteiger partial charge in [0.15, 0.2) is 0 Å². The van der Waals surface area contributed by atoms with Crippen LogP contribution in [0.4, 0.5) is 0 Å². The predicted octanol–water partition coefficient (Wildman–Crippen LogP) is 7.36. The zero-order chi connectivity index (χ0) is 30.4. The van der Waals surface area contributed by atoms with Gasteiger partial charge in [0.1, 0.15) is 11.5 Å². The van der Waals surface area contributed by atoms with E-state index in [1.807, 2.05) is 39.8 Å². The quantitative estimate of drug-likeness (QED) is 0.223. The Hall–Kier alpha value is -3.02. The van der Waals surface area contributed by atoms with Crippen molar-refractivity contribution in [3.8, 4) is 11.5 Å². The van der Waals surface area contributed by atoms with E-state index in [0.717, 1.165) is 70.2 Å². The van der Waals surface area contributed by atoms with Crippen LogP contribution in [0.3, 0.4) is 0 Å². The number of ether oxygens (including phenoxy) is 2. The molecule has 0 aliphatic rings. The summed E-state index contributed by atoms with van der Waals surface area (Å²) in [6, 6.07) is 3.93. The van der Waals surface area contributed by atoms with Crippen molar-refractivity contribution in [2.45, 2.75) is 119 Å². The fraction of sp³-hybridized carbons (Fsp3) is 0.588. The largest absolute Gasteiger partial charge is 0.507 e. The molecule has 0 atom stereocenters. The van der Waals surface area contributed by atoms with Gasteiger partial charge in [0.05, 0.1) is 26.1 Å². The Labute approximate surface area is 241 Å². The van der Waals surface area contributed by atoms with Gasteiger partial charge in [-0.1, -0.05) is 53.7 Å². The minimum absolute atomic E-state index is 0.140. The number of carbonyl (C=O) groups excluding carboxylic acids is 2. The monoisotopic (exact) mass is 554 g/mol. The van der Waals surface area contributed by atoms with Crippen LogP contribution in [0.1, 0.15) is 112 Å². The minimum Gasteiger partial charge on any atom is -0.507 e. The first-order chi connectivity index (χ1) is 18.4. The molecule has 0 bridgehead atoms. The summed E-state index contributed by atoms with van der Waals surface area (Å²) in [4.78, 5) is 24.9. The Morgan fingerprint density at radius 3 is 1.25 bits per heavy atom. The molecule has 6 nitrogen and oxygen atoms in total. The molecule has 222 valence electrons. The summed E-state index contributed by atoms with van der Waals surface area (Å²) in [5.74, 6) is -0.0858. The molecule has 2 rings (SSSR count). The van der Waals surface area contributed by atoms with Crippen LogP contribution >= 0.6 is 0 Å². The van der Waals surface area contributed by atoms with Gasteiger partial charge in [-0.15, -0.1) is 0 Å². The first kappa shape index (κ1) is 33.2. The highest BCUT2D eigenvalue weighted by atomic mass is 16.5. The van der Waals surface area contributed by atoms with Crippen molar-refractivity contribution < 1.29 is 29.3 Å². The molecular formula is C34H50O6. The first-order valence-electron chi connectivity index (χ1n) is 14.4. The van der Waals surface area contributed by atoms with Crippen LogP contribution in [0, 0.1) is 27.7 Å². The fourth-order valence-corrected chi connectivity index (χ4v) is 5.03. The number of aromatic hydroxyl groups is 2. The highest BCUT2D eigenvalue weighted by Gasteiger charge is 2.24. The van der Waals surface area contributed by atoms with Gasteiger partial charge in [-0.3, -0.25) is 9.59 Å². The van der Waals surface area contributed by atoms with Crippen LogP contribution in [0.15, 0.2) is 12.1 Å². The average molecular weight is 555 g/mol. The highest BCUT2D eigenvalue weighted by molar-refractivity contribution is 5.75. The third-order valence-electron chi connectivity index (χ3n) is 7.62. The summed E-state index contributed by atoms with van der Waals surface area (Å²) in [6.45, 7) is 20.6. The lowest BCUT2D eigenvalue weighted by molar-refractivity contribution is -0.144. The molecule has 0 saturated heterocycles. The molecule has 0 saturated carbocycles. The number of hydrogen-bond donors (Lipinski definition) is 2. The maximum absolute atomic E-state index is 12.4. The first-order valence-corrected chi connectivity index (χ1v) is 14.4. The summed E-state index contributed by atoms with van der Waals surface area (Å²) in [6.07, 6.45) is 3.49. The van der Waals surface area contributed by atoms with Gasteiger partial charge in [0.2, 0.25) is 0 Å². The van der Waals surface area contributed by atoms with Crippen molar-refractivity contribution in [3.05, 3.63) is 56.6 Å². The third kappa shape index (κ3) is 8.74. The molecule has 0 radical (unpaired) electrons. The SMILES string of the molecule is Cc1cc(C(C)(C)C)c(O)c(C)c1CC(=O)OCCCCCCOC(=O)Cc1c(C)cc(C(C)(C)C)c(O)c1C. The Balaban J connectivity index is 1.71. The van der Waals surface area contributed by atoms with E-state index < -0.39 is 0 Å². The Morgan fingerprint density at radius 1 is 0.625 bits per heavy atom. The minimum atomic E-state index is -0.296. The van der Waals surface area contributed by atoms with E-state index in [1.165, 1.54) is 0 Å². The van der Waals surface area contributed by atoms with E-state index in [9.17, 15) is 19.8 Å². The van der Waals surface area contributed by atoms with E-state index in [4.69, 9.17) is 9.47 Å². The Kier molecular flexibility index (Phi) is 11.3. The second-order valence-corrected chi connectivity index (χ2v) is 13.1. The summed E-state index contributed by atoms with van der Waals surface area (Å²) in [5, 5.41) is 21.3. The smallest absolute Gasteiger partial charge is 0.310 e. The molecule has 2 aromatic rings. The lowest BCUT2D eigenvalue weighted by atomic mass is 9.82. The zero-order valence-corrected chi connectivity index (χ0v) is 26.3. The molecule has 6 heteroatoms. The molecule has 40 heavy (non-hydrogen) atoms. The number of hydrogen-bond acceptors (Lipinski definition) is 6. The van der Waals surface area contributed by atoms with E-state index in [0.29, 0.717) is 13.2 Å². The van der Waals surface area contributed by atoms with Crippen molar-refractivity contribution in [3.63, 3.8) is 0 Å². The van der Waals surface area contributed by atoms with Crippen molar-refractivity contribution in [1.82, 2.24) is 0 Å². The predicted molar refractivity (Wildman–Crippen MR) is 160 cm³/mol. The molecule has 2 N–H and O–H groups in total. The molecule has 0 aliphatic carbocycles. The topological polar surface area (TPSA) is 93.1 Å². The van der Waals surface area contributed by atoms with E-state index >= 15 is 0 Å². The van der Waals surface area contributed by atoms with Crippen LogP contribution in [-0.4, -0.2) is 35.4 Å². The maximum atomic E-state index is 12.4. The van der Waals surface area contributed by atoms with Crippen LogP contribution in [0.2, 0.25) is 0 Å². The number of aryl methyl sites for hydroxylation is 2. The van der Waals surface area contributed by atoms with Gasteiger partial charge < -0.3 is 19.7 Å². The van der Waals surface area contributed by atoms with Crippen LogP contribution < -0.4 is 0 Å². The highest BCUT2D eigenvalue weighted by Crippen LogP contribution is 2.37. The van der Waals surface area contributed by atoms with Crippen molar-refractivity contribution in [2.75, 3.05) is 13.2 Å². The summed E-state index contributed by atoms with van der Waals surface area (Å²) in [7, 11) is 0. The molecular weight excluding hydrogens is 504 g/mol. The lowest BCUT2D eigenvalue weighted by Gasteiger charge is -2.24. The molecule has 0 aliphatic heterocycles. The number of benzene rings is 2. The summed E-state index contributed by atoms with van der Waals surface area (Å²) < 4.78 is 10.9. The van der Waals surface area contributed by atoms with Gasteiger partial charge in [0.25, 0.3) is 0 Å². The summed E-state index contributed by atoms with van der Waals surface area (Å²) >= 11 is 0. The molecule has 0 heterocycles. The van der Waals surface area contributed by atoms with Gasteiger partial charge >= 0.3 is 11.9 Å². The lowest BCUT2D eigenvalue weighted by Crippen LogP contribution is -2.15. The third-order valence-corrected chi connectivity index (χ3v) is 7.62. The van der Waals surface area contributed by atoms with Gasteiger partial charge in [-0.05, 0) is 109 Å². The van der Waals surface area contributed by atoms with Gasteiger partial charge in [0, 0.05) is 0 Å².